The van der Waals surface area contributed by atoms with Gasteiger partial charge >= 0.3 is 0 Å². The van der Waals surface area contributed by atoms with Gasteiger partial charge in [0.25, 0.3) is 0 Å². The van der Waals surface area contributed by atoms with Gasteiger partial charge in [-0.15, -0.1) is 0 Å². The second-order valence-electron chi connectivity index (χ2n) is 6.48. The highest BCUT2D eigenvalue weighted by atomic mass is 16.5. The van der Waals surface area contributed by atoms with Crippen LogP contribution in [0.2, 0.25) is 0 Å². The van der Waals surface area contributed by atoms with Gasteiger partial charge in [-0.3, -0.25) is 9.69 Å². The van der Waals surface area contributed by atoms with E-state index in [1.807, 2.05) is 20.8 Å². The van der Waals surface area contributed by atoms with Crippen LogP contribution in [0.15, 0.2) is 0 Å². The van der Waals surface area contributed by atoms with E-state index in [-0.39, 0.29) is 23.7 Å². The maximum atomic E-state index is 12.1. The summed E-state index contributed by atoms with van der Waals surface area (Å²) in [6, 6.07) is -0.143. The summed E-state index contributed by atoms with van der Waals surface area (Å²) in [4.78, 5) is 14.3. The fourth-order valence-electron chi connectivity index (χ4n) is 2.38. The summed E-state index contributed by atoms with van der Waals surface area (Å²) in [5.74, 6) is 0.552. The molecule has 3 N–H and O–H groups in total. The van der Waals surface area contributed by atoms with Crippen LogP contribution in [-0.2, 0) is 9.53 Å². The molecule has 1 fully saturated rings. The van der Waals surface area contributed by atoms with E-state index in [0.29, 0.717) is 12.5 Å². The first-order valence-electron chi connectivity index (χ1n) is 7.15. The Bertz CT molecular complexity index is 305. The number of amides is 1. The number of nitrogens with one attached hydrogen (secondary N) is 1. The second-order valence-corrected chi connectivity index (χ2v) is 6.48. The van der Waals surface area contributed by atoms with Crippen molar-refractivity contribution in [2.45, 2.75) is 52.4 Å². The first-order valence-corrected chi connectivity index (χ1v) is 7.15. The fourth-order valence-corrected chi connectivity index (χ4v) is 2.38. The number of nitrogens with zero attached hydrogens (tertiary/aromatic N) is 1. The van der Waals surface area contributed by atoms with Gasteiger partial charge in [0.05, 0.1) is 17.7 Å². The Morgan fingerprint density at radius 2 is 2.11 bits per heavy atom. The molecule has 0 aromatic heterocycles. The molecule has 5 heteroatoms. The lowest BCUT2D eigenvalue weighted by Crippen LogP contribution is -2.59. The van der Waals surface area contributed by atoms with E-state index in [1.165, 1.54) is 0 Å². The van der Waals surface area contributed by atoms with Crippen molar-refractivity contribution in [3.05, 3.63) is 0 Å². The molecule has 0 aliphatic carbocycles. The molecule has 19 heavy (non-hydrogen) atoms. The smallest absolute Gasteiger partial charge is 0.237 e. The fraction of sp³-hybridized carbons (Fsp3) is 0.929. The number of nitrogens with two attached hydrogens (primary N) is 1. The Labute approximate surface area is 116 Å². The Morgan fingerprint density at radius 3 is 2.63 bits per heavy atom. The van der Waals surface area contributed by atoms with Gasteiger partial charge in [-0.1, -0.05) is 13.8 Å². The summed E-state index contributed by atoms with van der Waals surface area (Å²) >= 11 is 0. The highest BCUT2D eigenvalue weighted by molar-refractivity contribution is 5.81. The molecule has 0 aromatic rings. The molecule has 1 heterocycles. The Kier molecular flexibility index (Phi) is 5.77. The van der Waals surface area contributed by atoms with Crippen molar-refractivity contribution in [3.63, 3.8) is 0 Å². The molecule has 2 unspecified atom stereocenters. The van der Waals surface area contributed by atoms with Crippen molar-refractivity contribution in [3.8, 4) is 0 Å². The predicted molar refractivity (Wildman–Crippen MR) is 76.9 cm³/mol. The van der Waals surface area contributed by atoms with Crippen LogP contribution in [0.3, 0.4) is 0 Å². The first-order chi connectivity index (χ1) is 8.75. The molecule has 0 bridgehead atoms. The lowest BCUT2D eigenvalue weighted by Gasteiger charge is -2.44. The molecule has 0 radical (unpaired) electrons. The third-order valence-electron chi connectivity index (χ3n) is 3.38. The van der Waals surface area contributed by atoms with Crippen LogP contribution in [0.4, 0.5) is 0 Å². The van der Waals surface area contributed by atoms with Crippen molar-refractivity contribution in [1.82, 2.24) is 10.2 Å². The first kappa shape index (κ1) is 16.4. The molecule has 1 saturated heterocycles. The Morgan fingerprint density at radius 1 is 1.47 bits per heavy atom. The van der Waals surface area contributed by atoms with Crippen molar-refractivity contribution < 1.29 is 9.53 Å². The summed E-state index contributed by atoms with van der Waals surface area (Å²) in [5.41, 5.74) is 5.45. The van der Waals surface area contributed by atoms with E-state index in [2.05, 4.69) is 24.1 Å². The van der Waals surface area contributed by atoms with E-state index in [9.17, 15) is 4.79 Å². The molecule has 1 amide bonds. The quantitative estimate of drug-likeness (QED) is 0.768. The topological polar surface area (TPSA) is 67.6 Å². The molecule has 0 saturated carbocycles. The van der Waals surface area contributed by atoms with Crippen LogP contribution in [0, 0.1) is 5.92 Å². The lowest BCUT2D eigenvalue weighted by atomic mass is 10.0. The monoisotopic (exact) mass is 271 g/mol. The van der Waals surface area contributed by atoms with Crippen LogP contribution in [0.1, 0.15) is 34.6 Å². The van der Waals surface area contributed by atoms with Gasteiger partial charge in [0.2, 0.25) is 5.91 Å². The van der Waals surface area contributed by atoms with Gasteiger partial charge in [0.1, 0.15) is 0 Å². The van der Waals surface area contributed by atoms with Crippen molar-refractivity contribution in [2.75, 3.05) is 26.2 Å². The van der Waals surface area contributed by atoms with Crippen LogP contribution >= 0.6 is 0 Å². The highest BCUT2D eigenvalue weighted by Crippen LogP contribution is 2.22. The SMILES string of the molecule is CC(C)CNC(=O)C(C)N1CC(CN)OC(C)(C)C1. The molecule has 0 spiro atoms. The molecule has 5 nitrogen and oxygen atoms in total. The molecule has 0 aromatic carbocycles. The van der Waals surface area contributed by atoms with Crippen LogP contribution in [0.5, 0.6) is 0 Å². The Balaban J connectivity index is 2.59. The average Bonchev–Trinajstić information content (AvgIpc) is 2.32. The van der Waals surface area contributed by atoms with Crippen LogP contribution in [0.25, 0.3) is 0 Å². The van der Waals surface area contributed by atoms with E-state index >= 15 is 0 Å². The number of rotatable bonds is 5. The number of hydrogen-bond donors (Lipinski definition) is 2. The lowest BCUT2D eigenvalue weighted by molar-refractivity contribution is -0.149. The zero-order valence-corrected chi connectivity index (χ0v) is 12.9. The van der Waals surface area contributed by atoms with Gasteiger partial charge in [0.15, 0.2) is 0 Å². The number of hydrogen-bond acceptors (Lipinski definition) is 4. The van der Waals surface area contributed by atoms with Gasteiger partial charge in [-0.25, -0.2) is 0 Å². The van der Waals surface area contributed by atoms with Gasteiger partial charge < -0.3 is 15.8 Å². The maximum absolute atomic E-state index is 12.1. The maximum Gasteiger partial charge on any atom is 0.237 e. The number of carbonyl (C=O) groups is 1. The molecule has 2 atom stereocenters. The number of ether oxygens (including phenoxy) is 1. The van der Waals surface area contributed by atoms with Crippen LogP contribution < -0.4 is 11.1 Å². The largest absolute Gasteiger partial charge is 0.368 e. The minimum absolute atomic E-state index is 0.00380. The summed E-state index contributed by atoms with van der Waals surface area (Å²) in [5, 5.41) is 2.99. The van der Waals surface area contributed by atoms with E-state index < -0.39 is 0 Å². The minimum atomic E-state index is -0.255. The third-order valence-corrected chi connectivity index (χ3v) is 3.38. The molecular weight excluding hydrogens is 242 g/mol. The normalized spacial score (nSPS) is 25.3. The summed E-state index contributed by atoms with van der Waals surface area (Å²) in [6.07, 6.45) is 0.00380. The summed E-state index contributed by atoms with van der Waals surface area (Å²) in [7, 11) is 0. The summed E-state index contributed by atoms with van der Waals surface area (Å²) in [6.45, 7) is 12.9. The van der Waals surface area contributed by atoms with Gasteiger partial charge in [0, 0.05) is 26.2 Å². The van der Waals surface area contributed by atoms with E-state index in [4.69, 9.17) is 10.5 Å². The van der Waals surface area contributed by atoms with E-state index in [0.717, 1.165) is 19.6 Å². The zero-order valence-electron chi connectivity index (χ0n) is 12.9. The van der Waals surface area contributed by atoms with Crippen molar-refractivity contribution in [2.24, 2.45) is 11.7 Å². The molecule has 1 aliphatic rings. The standard InChI is InChI=1S/C14H29N3O2/c1-10(2)7-16-13(18)11(3)17-8-12(6-15)19-14(4,5)9-17/h10-12H,6-9,15H2,1-5H3,(H,16,18). The van der Waals surface area contributed by atoms with Gasteiger partial charge in [-0.05, 0) is 26.7 Å². The second kappa shape index (κ2) is 6.68. The molecular formula is C14H29N3O2. The Hall–Kier alpha value is -0.650. The summed E-state index contributed by atoms with van der Waals surface area (Å²) < 4.78 is 5.88. The average molecular weight is 271 g/mol. The minimum Gasteiger partial charge on any atom is -0.368 e. The highest BCUT2D eigenvalue weighted by Gasteiger charge is 2.36. The predicted octanol–water partition coefficient (Wildman–Crippen LogP) is 0.585. The molecule has 1 rings (SSSR count). The number of carbonyl (C=O) groups excluding carboxylic acids is 1. The third kappa shape index (κ3) is 5.09. The van der Waals surface area contributed by atoms with Gasteiger partial charge in [-0.2, -0.15) is 0 Å². The van der Waals surface area contributed by atoms with Crippen molar-refractivity contribution in [1.29, 1.82) is 0 Å². The zero-order chi connectivity index (χ0) is 14.6. The molecule has 112 valence electrons. The molecule has 1 aliphatic heterocycles. The van der Waals surface area contributed by atoms with Crippen LogP contribution in [-0.4, -0.2) is 54.7 Å². The number of morpholine rings is 1. The van der Waals surface area contributed by atoms with Crippen molar-refractivity contribution >= 4 is 5.91 Å². The van der Waals surface area contributed by atoms with E-state index in [1.54, 1.807) is 0 Å².